The van der Waals surface area contributed by atoms with Gasteiger partial charge in [0.25, 0.3) is 0 Å². The Morgan fingerprint density at radius 2 is 2.00 bits per heavy atom. The number of hydrogen-bond donors (Lipinski definition) is 0. The number of hydrogen-bond acceptors (Lipinski definition) is 0. The van der Waals surface area contributed by atoms with Crippen LogP contribution in [0.5, 0.6) is 0 Å². The van der Waals surface area contributed by atoms with Crippen molar-refractivity contribution >= 4 is 0 Å². The molecule has 0 aromatic rings. The zero-order chi connectivity index (χ0) is 6.24. The first-order valence-electron chi connectivity index (χ1n) is 3.37. The summed E-state index contributed by atoms with van der Waals surface area (Å²) in [5, 5.41) is 0. The van der Waals surface area contributed by atoms with Gasteiger partial charge in [0, 0.05) is 0 Å². The Morgan fingerprint density at radius 1 is 1.25 bits per heavy atom. The van der Waals surface area contributed by atoms with E-state index >= 15 is 0 Å². The Hall–Kier alpha value is -0.0400. The third-order valence-corrected chi connectivity index (χ3v) is 1.19. The molecule has 0 bridgehead atoms. The summed E-state index contributed by atoms with van der Waals surface area (Å²) in [6.07, 6.45) is 5.83. The highest BCUT2D eigenvalue weighted by Crippen LogP contribution is 2.01. The van der Waals surface area contributed by atoms with Gasteiger partial charge in [0.1, 0.15) is 0 Å². The quantitative estimate of drug-likeness (QED) is 0.486. The summed E-state index contributed by atoms with van der Waals surface area (Å²) >= 11 is 0. The zero-order valence-corrected chi connectivity index (χ0v) is 5.56. The highest BCUT2D eigenvalue weighted by atomic mass is 14.5. The van der Waals surface area contributed by atoms with E-state index in [4.69, 9.17) is 5.73 Å². The lowest BCUT2D eigenvalue weighted by atomic mass is 10.2. The monoisotopic (exact) mass is 112 g/mol. The van der Waals surface area contributed by atoms with Crippen molar-refractivity contribution in [3.63, 3.8) is 0 Å². The van der Waals surface area contributed by atoms with Gasteiger partial charge in [-0.2, -0.15) is 0 Å². The van der Waals surface area contributed by atoms with Crippen LogP contribution in [-0.2, 0) is 0 Å². The lowest BCUT2D eigenvalue weighted by Gasteiger charge is -1.92. The van der Waals surface area contributed by atoms with Gasteiger partial charge in [-0.1, -0.05) is 32.6 Å². The van der Waals surface area contributed by atoms with Gasteiger partial charge in [0.05, 0.1) is 6.54 Å². The Kier molecular flexibility index (Phi) is 6.93. The van der Waals surface area contributed by atoms with E-state index in [1.54, 1.807) is 0 Å². The second-order valence-electron chi connectivity index (χ2n) is 2.03. The van der Waals surface area contributed by atoms with E-state index in [1.807, 2.05) is 0 Å². The van der Waals surface area contributed by atoms with Crippen LogP contribution in [0.15, 0.2) is 0 Å². The molecule has 3 radical (unpaired) electrons. The van der Waals surface area contributed by atoms with Gasteiger partial charge in [-0.25, -0.2) is 0 Å². The first-order chi connectivity index (χ1) is 3.91. The summed E-state index contributed by atoms with van der Waals surface area (Å²) in [6.45, 7) is 3.43. The van der Waals surface area contributed by atoms with E-state index in [0.717, 1.165) is 12.8 Å². The van der Waals surface area contributed by atoms with Crippen molar-refractivity contribution < 1.29 is 0 Å². The molecule has 0 aliphatic heterocycles. The van der Waals surface area contributed by atoms with Gasteiger partial charge < -0.3 is 0 Å². The summed E-state index contributed by atoms with van der Waals surface area (Å²) in [7, 11) is 0. The van der Waals surface area contributed by atoms with E-state index in [0.29, 0.717) is 0 Å². The molecule has 0 saturated carbocycles. The fraction of sp³-hybridized carbons (Fsp3) is 0.857. The average Bonchev–Trinajstić information content (AvgIpc) is 1.81. The van der Waals surface area contributed by atoms with Crippen LogP contribution in [0.3, 0.4) is 0 Å². The SMILES string of the molecule is CCCCCC[CH][N]. The molecule has 0 atom stereocenters. The van der Waals surface area contributed by atoms with Crippen molar-refractivity contribution in [1.82, 2.24) is 5.73 Å². The molecule has 8 heavy (non-hydrogen) atoms. The smallest absolute Gasteiger partial charge is 0.0618 e. The summed E-state index contributed by atoms with van der Waals surface area (Å²) in [5.41, 5.74) is 8.24. The van der Waals surface area contributed by atoms with Crippen LogP contribution < -0.4 is 5.73 Å². The normalized spacial score (nSPS) is 9.75. The molecule has 0 aliphatic rings. The third-order valence-electron chi connectivity index (χ3n) is 1.19. The molecular formula is C7H14N. The molecule has 0 fully saturated rings. The van der Waals surface area contributed by atoms with Crippen molar-refractivity contribution in [2.75, 3.05) is 0 Å². The molecule has 0 aromatic carbocycles. The lowest BCUT2D eigenvalue weighted by Crippen LogP contribution is -1.77. The van der Waals surface area contributed by atoms with Gasteiger partial charge in [0.15, 0.2) is 0 Å². The molecule has 47 valence electrons. The molecule has 0 spiro atoms. The molecule has 1 heteroatoms. The zero-order valence-electron chi connectivity index (χ0n) is 5.56. The Morgan fingerprint density at radius 3 is 2.50 bits per heavy atom. The van der Waals surface area contributed by atoms with Gasteiger partial charge >= 0.3 is 0 Å². The molecule has 0 aliphatic carbocycles. The maximum atomic E-state index is 8.24. The van der Waals surface area contributed by atoms with Crippen molar-refractivity contribution in [3.05, 3.63) is 6.54 Å². The molecule has 0 aromatic heterocycles. The van der Waals surface area contributed by atoms with Crippen LogP contribution in [0, 0.1) is 6.54 Å². The van der Waals surface area contributed by atoms with Crippen molar-refractivity contribution in [2.24, 2.45) is 0 Å². The van der Waals surface area contributed by atoms with Gasteiger partial charge in [-0.3, -0.25) is 0 Å². The van der Waals surface area contributed by atoms with E-state index < -0.39 is 0 Å². The van der Waals surface area contributed by atoms with E-state index in [1.165, 1.54) is 25.8 Å². The first kappa shape index (κ1) is 7.96. The van der Waals surface area contributed by atoms with Crippen LogP contribution >= 0.6 is 0 Å². The van der Waals surface area contributed by atoms with Gasteiger partial charge in [-0.15, -0.1) is 5.73 Å². The fourth-order valence-corrected chi connectivity index (χ4v) is 0.662. The predicted molar refractivity (Wildman–Crippen MR) is 35.2 cm³/mol. The number of rotatable bonds is 5. The Bertz CT molecular complexity index is 29.4. The second-order valence-corrected chi connectivity index (χ2v) is 2.03. The van der Waals surface area contributed by atoms with Crippen LogP contribution in [0.1, 0.15) is 39.0 Å². The van der Waals surface area contributed by atoms with Crippen LogP contribution in [-0.4, -0.2) is 0 Å². The minimum atomic E-state index is 0.861. The molecule has 1 nitrogen and oxygen atoms in total. The predicted octanol–water partition coefficient (Wildman–Crippen LogP) is 2.19. The minimum absolute atomic E-state index is 0.861. The molecule has 0 unspecified atom stereocenters. The highest BCUT2D eigenvalue weighted by molar-refractivity contribution is 4.51. The maximum Gasteiger partial charge on any atom is 0.0618 e. The molecule has 0 saturated heterocycles. The average molecular weight is 112 g/mol. The Labute approximate surface area is 52.3 Å². The molecular weight excluding hydrogens is 98.1 g/mol. The summed E-state index contributed by atoms with van der Waals surface area (Å²) in [6, 6.07) is 0. The summed E-state index contributed by atoms with van der Waals surface area (Å²) in [5.74, 6) is 0. The van der Waals surface area contributed by atoms with Crippen molar-refractivity contribution in [1.29, 1.82) is 0 Å². The Balaban J connectivity index is 2.53. The van der Waals surface area contributed by atoms with E-state index in [-0.39, 0.29) is 0 Å². The molecule has 0 N–H and O–H groups in total. The highest BCUT2D eigenvalue weighted by Gasteiger charge is 1.84. The minimum Gasteiger partial charge on any atom is -0.139 e. The van der Waals surface area contributed by atoms with Crippen LogP contribution in [0.25, 0.3) is 0 Å². The first-order valence-corrected chi connectivity index (χ1v) is 3.37. The molecule has 0 amide bonds. The standard InChI is InChI=1S/C7H14N/c1-2-3-4-5-6-7-8/h7H,2-6H2,1H3. The van der Waals surface area contributed by atoms with Crippen LogP contribution in [0.2, 0.25) is 0 Å². The van der Waals surface area contributed by atoms with E-state index in [2.05, 4.69) is 6.92 Å². The number of unbranched alkanes of at least 4 members (excludes halogenated alkanes) is 4. The topological polar surface area (TPSA) is 22.3 Å². The second kappa shape index (κ2) is 6.96. The number of nitrogens with zero attached hydrogens (tertiary/aromatic N) is 1. The third kappa shape index (κ3) is 5.96. The fourth-order valence-electron chi connectivity index (χ4n) is 0.662. The van der Waals surface area contributed by atoms with Crippen molar-refractivity contribution in [3.8, 4) is 0 Å². The van der Waals surface area contributed by atoms with Gasteiger partial charge in [-0.05, 0) is 6.42 Å². The lowest BCUT2D eigenvalue weighted by molar-refractivity contribution is 0.658. The van der Waals surface area contributed by atoms with Crippen molar-refractivity contribution in [2.45, 2.75) is 39.0 Å². The van der Waals surface area contributed by atoms with Crippen LogP contribution in [0.4, 0.5) is 0 Å². The maximum absolute atomic E-state index is 8.24. The summed E-state index contributed by atoms with van der Waals surface area (Å²) < 4.78 is 0. The van der Waals surface area contributed by atoms with E-state index in [9.17, 15) is 0 Å². The summed E-state index contributed by atoms with van der Waals surface area (Å²) in [4.78, 5) is 0. The molecule has 0 heterocycles. The van der Waals surface area contributed by atoms with Gasteiger partial charge in [0.2, 0.25) is 0 Å². The molecule has 0 rings (SSSR count). The largest absolute Gasteiger partial charge is 0.139 e.